The Balaban J connectivity index is 1.63. The van der Waals surface area contributed by atoms with Crippen LogP contribution in [0.25, 0.3) is 22.8 Å². The van der Waals surface area contributed by atoms with Crippen LogP contribution in [0.2, 0.25) is 0 Å². The zero-order valence-electron chi connectivity index (χ0n) is 16.5. The van der Waals surface area contributed by atoms with Gasteiger partial charge in [0.25, 0.3) is 0 Å². The fourth-order valence-corrected chi connectivity index (χ4v) is 5.39. The lowest BCUT2D eigenvalue weighted by Crippen LogP contribution is -2.38. The molecule has 2 aliphatic carbocycles. The third kappa shape index (κ3) is 3.34. The molecular formula is C25H27N3. The molecule has 0 aliphatic heterocycles. The number of rotatable bonds is 3. The lowest BCUT2D eigenvalue weighted by Gasteiger charge is -2.44. The Kier molecular flexibility index (Phi) is 4.46. The standard InChI is InChI=1S/C25H27N3/c1-25(16-18-9-8-10-19(15-18)17-25)24-27-22(20-11-4-2-5-12-20)26-23(28-24)21-13-6-3-7-14-21/h2-7,11-14,18-19H,8-10,15-17H2,1H3/t18-,19+,25?. The summed E-state index contributed by atoms with van der Waals surface area (Å²) in [6.07, 6.45) is 7.94. The van der Waals surface area contributed by atoms with Crippen molar-refractivity contribution in [2.75, 3.05) is 0 Å². The van der Waals surface area contributed by atoms with Crippen LogP contribution in [0.3, 0.4) is 0 Å². The molecule has 0 N–H and O–H groups in total. The first kappa shape index (κ1) is 17.5. The van der Waals surface area contributed by atoms with Gasteiger partial charge in [-0.1, -0.05) is 86.8 Å². The minimum absolute atomic E-state index is 0.0456. The van der Waals surface area contributed by atoms with E-state index in [1.54, 1.807) is 0 Å². The van der Waals surface area contributed by atoms with E-state index in [0.717, 1.165) is 40.4 Å². The average molecular weight is 370 g/mol. The number of nitrogens with zero attached hydrogens (tertiary/aromatic N) is 3. The third-order valence-corrected chi connectivity index (χ3v) is 6.61. The van der Waals surface area contributed by atoms with E-state index in [-0.39, 0.29) is 5.41 Å². The topological polar surface area (TPSA) is 38.7 Å². The monoisotopic (exact) mass is 369 g/mol. The van der Waals surface area contributed by atoms with Crippen LogP contribution in [0, 0.1) is 11.8 Å². The number of hydrogen-bond acceptors (Lipinski definition) is 3. The molecule has 1 aromatic heterocycles. The average Bonchev–Trinajstić information content (AvgIpc) is 2.74. The number of hydrogen-bond donors (Lipinski definition) is 0. The Hall–Kier alpha value is -2.55. The Morgan fingerprint density at radius 2 is 1.21 bits per heavy atom. The van der Waals surface area contributed by atoms with Crippen LogP contribution in [0.4, 0.5) is 0 Å². The molecule has 2 fully saturated rings. The molecule has 2 aromatic carbocycles. The molecule has 142 valence electrons. The number of aromatic nitrogens is 3. The molecular weight excluding hydrogens is 342 g/mol. The van der Waals surface area contributed by atoms with Crippen LogP contribution in [-0.4, -0.2) is 15.0 Å². The summed E-state index contributed by atoms with van der Waals surface area (Å²) >= 11 is 0. The van der Waals surface area contributed by atoms with E-state index in [1.807, 2.05) is 36.4 Å². The summed E-state index contributed by atoms with van der Waals surface area (Å²) in [5.41, 5.74) is 2.16. The quantitative estimate of drug-likeness (QED) is 0.563. The van der Waals surface area contributed by atoms with Crippen LogP contribution in [0.15, 0.2) is 60.7 Å². The van der Waals surface area contributed by atoms with Crippen molar-refractivity contribution in [3.8, 4) is 22.8 Å². The molecule has 5 rings (SSSR count). The predicted molar refractivity (Wildman–Crippen MR) is 113 cm³/mol. The summed E-state index contributed by atoms with van der Waals surface area (Å²) in [6.45, 7) is 2.39. The predicted octanol–water partition coefficient (Wildman–Crippen LogP) is 6.06. The first-order chi connectivity index (χ1) is 13.7. The molecule has 3 atom stereocenters. The molecule has 1 heterocycles. The molecule has 2 bridgehead atoms. The lowest BCUT2D eigenvalue weighted by atomic mass is 9.61. The highest BCUT2D eigenvalue weighted by Gasteiger charge is 2.42. The maximum Gasteiger partial charge on any atom is 0.163 e. The van der Waals surface area contributed by atoms with Gasteiger partial charge >= 0.3 is 0 Å². The third-order valence-electron chi connectivity index (χ3n) is 6.61. The molecule has 3 heteroatoms. The maximum atomic E-state index is 5.03. The molecule has 0 saturated heterocycles. The van der Waals surface area contributed by atoms with Crippen molar-refractivity contribution in [2.24, 2.45) is 11.8 Å². The normalized spacial score (nSPS) is 26.8. The van der Waals surface area contributed by atoms with Gasteiger partial charge in [0.1, 0.15) is 5.82 Å². The van der Waals surface area contributed by atoms with Gasteiger partial charge in [0.2, 0.25) is 0 Å². The van der Waals surface area contributed by atoms with Crippen LogP contribution < -0.4 is 0 Å². The van der Waals surface area contributed by atoms with Gasteiger partial charge in [-0.15, -0.1) is 0 Å². The van der Waals surface area contributed by atoms with E-state index in [4.69, 9.17) is 15.0 Å². The molecule has 3 aromatic rings. The van der Waals surface area contributed by atoms with Gasteiger partial charge in [-0.3, -0.25) is 0 Å². The van der Waals surface area contributed by atoms with Gasteiger partial charge in [0.05, 0.1) is 0 Å². The number of benzene rings is 2. The van der Waals surface area contributed by atoms with Crippen molar-refractivity contribution in [3.05, 3.63) is 66.5 Å². The fourth-order valence-electron chi connectivity index (χ4n) is 5.39. The lowest BCUT2D eigenvalue weighted by molar-refractivity contribution is 0.115. The zero-order valence-corrected chi connectivity index (χ0v) is 16.5. The van der Waals surface area contributed by atoms with E-state index >= 15 is 0 Å². The van der Waals surface area contributed by atoms with Gasteiger partial charge in [-0.25, -0.2) is 15.0 Å². The highest BCUT2D eigenvalue weighted by Crippen LogP contribution is 2.49. The zero-order chi connectivity index (χ0) is 19.0. The highest BCUT2D eigenvalue weighted by molar-refractivity contribution is 5.61. The summed E-state index contributed by atoms with van der Waals surface area (Å²) < 4.78 is 0. The van der Waals surface area contributed by atoms with Gasteiger partial charge in [-0.05, 0) is 31.1 Å². The van der Waals surface area contributed by atoms with Crippen LogP contribution in [0.5, 0.6) is 0 Å². The second-order valence-electron chi connectivity index (χ2n) is 8.91. The summed E-state index contributed by atoms with van der Waals surface area (Å²) in [4.78, 5) is 14.9. The van der Waals surface area contributed by atoms with E-state index in [1.165, 1.54) is 38.5 Å². The van der Waals surface area contributed by atoms with Gasteiger partial charge in [0, 0.05) is 16.5 Å². The van der Waals surface area contributed by atoms with Crippen molar-refractivity contribution in [1.29, 1.82) is 0 Å². The fraction of sp³-hybridized carbons (Fsp3) is 0.400. The first-order valence-electron chi connectivity index (χ1n) is 10.6. The minimum Gasteiger partial charge on any atom is -0.212 e. The highest BCUT2D eigenvalue weighted by atomic mass is 15.0. The Labute approximate surface area is 167 Å². The molecule has 2 saturated carbocycles. The smallest absolute Gasteiger partial charge is 0.163 e. The van der Waals surface area contributed by atoms with E-state index in [2.05, 4.69) is 31.2 Å². The summed E-state index contributed by atoms with van der Waals surface area (Å²) in [5, 5.41) is 0. The number of fused-ring (bicyclic) bond motifs is 2. The summed E-state index contributed by atoms with van der Waals surface area (Å²) in [7, 11) is 0. The molecule has 0 amide bonds. The van der Waals surface area contributed by atoms with E-state index in [0.29, 0.717) is 0 Å². The van der Waals surface area contributed by atoms with Gasteiger partial charge < -0.3 is 0 Å². The van der Waals surface area contributed by atoms with Gasteiger partial charge in [0.15, 0.2) is 11.6 Å². The minimum atomic E-state index is 0.0456. The Morgan fingerprint density at radius 1 is 0.714 bits per heavy atom. The van der Waals surface area contributed by atoms with Crippen molar-refractivity contribution in [1.82, 2.24) is 15.0 Å². The van der Waals surface area contributed by atoms with Crippen molar-refractivity contribution < 1.29 is 0 Å². The van der Waals surface area contributed by atoms with Crippen LogP contribution in [0.1, 0.15) is 51.3 Å². The maximum absolute atomic E-state index is 5.03. The second-order valence-corrected chi connectivity index (χ2v) is 8.91. The largest absolute Gasteiger partial charge is 0.212 e. The van der Waals surface area contributed by atoms with Crippen molar-refractivity contribution in [3.63, 3.8) is 0 Å². The van der Waals surface area contributed by atoms with Crippen LogP contribution >= 0.6 is 0 Å². The van der Waals surface area contributed by atoms with Crippen molar-refractivity contribution >= 4 is 0 Å². The molecule has 0 spiro atoms. The molecule has 3 nitrogen and oxygen atoms in total. The SMILES string of the molecule is CC1(c2nc(-c3ccccc3)nc(-c3ccccc3)n2)C[C@@H]2CCC[C@@H](C2)C1. The second kappa shape index (κ2) is 7.12. The van der Waals surface area contributed by atoms with Crippen molar-refractivity contribution in [2.45, 2.75) is 50.9 Å². The summed E-state index contributed by atoms with van der Waals surface area (Å²) in [6, 6.07) is 20.6. The van der Waals surface area contributed by atoms with Crippen LogP contribution in [-0.2, 0) is 5.41 Å². The molecule has 1 unspecified atom stereocenters. The Morgan fingerprint density at radius 3 is 1.71 bits per heavy atom. The summed E-state index contributed by atoms with van der Waals surface area (Å²) in [5.74, 6) is 4.23. The molecule has 2 aliphatic rings. The van der Waals surface area contributed by atoms with E-state index in [9.17, 15) is 0 Å². The molecule has 28 heavy (non-hydrogen) atoms. The first-order valence-corrected chi connectivity index (χ1v) is 10.6. The van der Waals surface area contributed by atoms with E-state index < -0.39 is 0 Å². The molecule has 0 radical (unpaired) electrons. The Bertz CT molecular complexity index is 882. The van der Waals surface area contributed by atoms with Gasteiger partial charge in [-0.2, -0.15) is 0 Å².